The highest BCUT2D eigenvalue weighted by Crippen LogP contribution is 2.20. The van der Waals surface area contributed by atoms with Gasteiger partial charge in [0.2, 0.25) is 5.91 Å². The molecule has 1 heterocycles. The third-order valence-corrected chi connectivity index (χ3v) is 3.13. The lowest BCUT2D eigenvalue weighted by Crippen LogP contribution is -2.32. The summed E-state index contributed by atoms with van der Waals surface area (Å²) >= 11 is 5.83. The number of likely N-dealkylation sites (N-methyl/N-ethyl adjacent to an activating group) is 1. The van der Waals surface area contributed by atoms with Gasteiger partial charge in [-0.2, -0.15) is 0 Å². The molecule has 4 nitrogen and oxygen atoms in total. The summed E-state index contributed by atoms with van der Waals surface area (Å²) in [6.07, 6.45) is 3.39. The molecule has 0 aliphatic carbocycles. The van der Waals surface area contributed by atoms with Crippen molar-refractivity contribution < 1.29 is 4.79 Å². The van der Waals surface area contributed by atoms with Crippen LogP contribution in [-0.4, -0.2) is 29.9 Å². The standard InChI is InChI=1S/C15H16ClN3O/c1-19(2)14(11-4-3-9-17-10-11)15(20)18-13-7-5-12(16)6-8-13/h3-10,14H,1-2H3,(H,18,20). The van der Waals surface area contributed by atoms with Gasteiger partial charge in [-0.25, -0.2) is 0 Å². The van der Waals surface area contributed by atoms with E-state index in [1.165, 1.54) is 0 Å². The van der Waals surface area contributed by atoms with Gasteiger partial charge in [0.15, 0.2) is 0 Å². The van der Waals surface area contributed by atoms with Gasteiger partial charge < -0.3 is 5.32 Å². The number of halogens is 1. The second-order valence-corrected chi connectivity index (χ2v) is 5.09. The minimum Gasteiger partial charge on any atom is -0.324 e. The largest absolute Gasteiger partial charge is 0.324 e. The summed E-state index contributed by atoms with van der Waals surface area (Å²) in [6, 6.07) is 10.4. The van der Waals surface area contributed by atoms with Gasteiger partial charge in [0.05, 0.1) is 0 Å². The molecule has 0 aliphatic heterocycles. The Balaban J connectivity index is 2.18. The van der Waals surface area contributed by atoms with Gasteiger partial charge in [-0.3, -0.25) is 14.7 Å². The average molecular weight is 290 g/mol. The lowest BCUT2D eigenvalue weighted by atomic mass is 10.1. The van der Waals surface area contributed by atoms with Crippen LogP contribution in [-0.2, 0) is 4.79 Å². The third-order valence-electron chi connectivity index (χ3n) is 2.88. The first-order valence-electron chi connectivity index (χ1n) is 6.20. The smallest absolute Gasteiger partial charge is 0.246 e. The fourth-order valence-corrected chi connectivity index (χ4v) is 2.09. The quantitative estimate of drug-likeness (QED) is 0.941. The monoisotopic (exact) mass is 289 g/mol. The van der Waals surface area contributed by atoms with Crippen molar-refractivity contribution in [3.63, 3.8) is 0 Å². The Morgan fingerprint density at radius 3 is 2.50 bits per heavy atom. The molecule has 104 valence electrons. The SMILES string of the molecule is CN(C)C(C(=O)Nc1ccc(Cl)cc1)c1cccnc1. The summed E-state index contributed by atoms with van der Waals surface area (Å²) < 4.78 is 0. The van der Waals surface area contributed by atoms with Gasteiger partial charge in [0, 0.05) is 23.1 Å². The number of amides is 1. The number of benzene rings is 1. The number of anilines is 1. The summed E-state index contributed by atoms with van der Waals surface area (Å²) in [5.74, 6) is -0.106. The molecule has 2 rings (SSSR count). The molecule has 0 spiro atoms. The van der Waals surface area contributed by atoms with E-state index in [0.717, 1.165) is 11.3 Å². The van der Waals surface area contributed by atoms with E-state index in [9.17, 15) is 4.79 Å². The fraction of sp³-hybridized carbons (Fsp3) is 0.200. The van der Waals surface area contributed by atoms with E-state index < -0.39 is 0 Å². The van der Waals surface area contributed by atoms with Gasteiger partial charge in [-0.05, 0) is 50.0 Å². The topological polar surface area (TPSA) is 45.2 Å². The van der Waals surface area contributed by atoms with Crippen LogP contribution in [0.5, 0.6) is 0 Å². The Hall–Kier alpha value is -1.91. The van der Waals surface area contributed by atoms with Crippen molar-refractivity contribution in [2.45, 2.75) is 6.04 Å². The number of carbonyl (C=O) groups excluding carboxylic acids is 1. The summed E-state index contributed by atoms with van der Waals surface area (Å²) in [7, 11) is 3.72. The van der Waals surface area contributed by atoms with E-state index >= 15 is 0 Å². The second kappa shape index (κ2) is 6.50. The molecule has 1 N–H and O–H groups in total. The van der Waals surface area contributed by atoms with Crippen LogP contribution in [0, 0.1) is 0 Å². The molecule has 1 aromatic heterocycles. The zero-order valence-electron chi connectivity index (χ0n) is 11.4. The lowest BCUT2D eigenvalue weighted by molar-refractivity contribution is -0.120. The van der Waals surface area contributed by atoms with Crippen molar-refractivity contribution in [2.24, 2.45) is 0 Å². The van der Waals surface area contributed by atoms with Crippen LogP contribution >= 0.6 is 11.6 Å². The minimum atomic E-state index is -0.389. The van der Waals surface area contributed by atoms with E-state index in [1.54, 1.807) is 36.7 Å². The molecule has 0 aliphatic rings. The number of pyridine rings is 1. The number of rotatable bonds is 4. The Morgan fingerprint density at radius 2 is 1.95 bits per heavy atom. The average Bonchev–Trinajstić information content (AvgIpc) is 2.42. The van der Waals surface area contributed by atoms with Crippen molar-refractivity contribution in [3.8, 4) is 0 Å². The number of carbonyl (C=O) groups is 1. The molecule has 1 atom stereocenters. The molecule has 0 saturated heterocycles. The first kappa shape index (κ1) is 14.5. The molecule has 1 aromatic carbocycles. The van der Waals surface area contributed by atoms with E-state index in [-0.39, 0.29) is 11.9 Å². The Kier molecular flexibility index (Phi) is 4.71. The molecule has 5 heteroatoms. The zero-order chi connectivity index (χ0) is 14.5. The van der Waals surface area contributed by atoms with Crippen molar-refractivity contribution in [2.75, 3.05) is 19.4 Å². The Labute approximate surface area is 123 Å². The van der Waals surface area contributed by atoms with E-state index in [0.29, 0.717) is 5.02 Å². The highest BCUT2D eigenvalue weighted by molar-refractivity contribution is 6.30. The summed E-state index contributed by atoms with van der Waals surface area (Å²) in [5, 5.41) is 3.52. The lowest BCUT2D eigenvalue weighted by Gasteiger charge is -2.23. The van der Waals surface area contributed by atoms with Crippen molar-refractivity contribution in [3.05, 3.63) is 59.4 Å². The first-order chi connectivity index (χ1) is 9.58. The van der Waals surface area contributed by atoms with Gasteiger partial charge >= 0.3 is 0 Å². The third kappa shape index (κ3) is 3.56. The Bertz CT molecular complexity index is 569. The van der Waals surface area contributed by atoms with Crippen molar-refractivity contribution >= 4 is 23.2 Å². The molecule has 2 aromatic rings. The maximum absolute atomic E-state index is 12.4. The van der Waals surface area contributed by atoms with Crippen LogP contribution in [0.4, 0.5) is 5.69 Å². The molecule has 20 heavy (non-hydrogen) atoms. The fourth-order valence-electron chi connectivity index (χ4n) is 1.97. The van der Waals surface area contributed by atoms with Crippen molar-refractivity contribution in [1.29, 1.82) is 0 Å². The number of nitrogens with zero attached hydrogens (tertiary/aromatic N) is 2. The summed E-state index contributed by atoms with van der Waals surface area (Å²) in [4.78, 5) is 18.3. The number of hydrogen-bond donors (Lipinski definition) is 1. The van der Waals surface area contributed by atoms with Gasteiger partial charge in [-0.15, -0.1) is 0 Å². The summed E-state index contributed by atoms with van der Waals surface area (Å²) in [6.45, 7) is 0. The van der Waals surface area contributed by atoms with Crippen LogP contribution in [0.1, 0.15) is 11.6 Å². The molecule has 0 bridgehead atoms. The molecule has 1 amide bonds. The molecule has 0 saturated carbocycles. The maximum Gasteiger partial charge on any atom is 0.246 e. The molecule has 0 radical (unpaired) electrons. The van der Waals surface area contributed by atoms with Crippen LogP contribution in [0.25, 0.3) is 0 Å². The van der Waals surface area contributed by atoms with Gasteiger partial charge in [0.1, 0.15) is 6.04 Å². The van der Waals surface area contributed by atoms with Crippen LogP contribution < -0.4 is 5.32 Å². The van der Waals surface area contributed by atoms with Gasteiger partial charge in [-0.1, -0.05) is 17.7 Å². The van der Waals surface area contributed by atoms with E-state index in [1.807, 2.05) is 31.1 Å². The van der Waals surface area contributed by atoms with E-state index in [4.69, 9.17) is 11.6 Å². The maximum atomic E-state index is 12.4. The minimum absolute atomic E-state index is 0.106. The molecular weight excluding hydrogens is 274 g/mol. The van der Waals surface area contributed by atoms with Crippen LogP contribution in [0.2, 0.25) is 5.02 Å². The summed E-state index contributed by atoms with van der Waals surface area (Å²) in [5.41, 5.74) is 1.57. The van der Waals surface area contributed by atoms with Gasteiger partial charge in [0.25, 0.3) is 0 Å². The predicted molar refractivity (Wildman–Crippen MR) is 80.7 cm³/mol. The van der Waals surface area contributed by atoms with E-state index in [2.05, 4.69) is 10.3 Å². The number of hydrogen-bond acceptors (Lipinski definition) is 3. The molecule has 1 unspecified atom stereocenters. The molecular formula is C15H16ClN3O. The highest BCUT2D eigenvalue weighted by atomic mass is 35.5. The number of nitrogens with one attached hydrogen (secondary N) is 1. The zero-order valence-corrected chi connectivity index (χ0v) is 12.1. The number of aromatic nitrogens is 1. The molecule has 0 fully saturated rings. The predicted octanol–water partition coefficient (Wildman–Crippen LogP) is 2.98. The van der Waals surface area contributed by atoms with Crippen LogP contribution in [0.3, 0.4) is 0 Å². The normalized spacial score (nSPS) is 12.2. The highest BCUT2D eigenvalue weighted by Gasteiger charge is 2.23. The second-order valence-electron chi connectivity index (χ2n) is 4.65. The Morgan fingerprint density at radius 1 is 1.25 bits per heavy atom. The first-order valence-corrected chi connectivity index (χ1v) is 6.58. The van der Waals surface area contributed by atoms with Crippen LogP contribution in [0.15, 0.2) is 48.8 Å². The van der Waals surface area contributed by atoms with Crippen molar-refractivity contribution in [1.82, 2.24) is 9.88 Å².